The summed E-state index contributed by atoms with van der Waals surface area (Å²) in [5, 5.41) is 0. The lowest BCUT2D eigenvalue weighted by Gasteiger charge is -2.10. The van der Waals surface area contributed by atoms with E-state index in [1.54, 1.807) is 24.3 Å². The van der Waals surface area contributed by atoms with E-state index in [0.717, 1.165) is 28.6 Å². The van der Waals surface area contributed by atoms with E-state index >= 15 is 0 Å². The van der Waals surface area contributed by atoms with Gasteiger partial charge in [-0.25, -0.2) is 4.79 Å². The molecule has 0 unspecified atom stereocenters. The monoisotopic (exact) mass is 376 g/mol. The first-order valence-electron chi connectivity index (χ1n) is 7.73. The normalized spacial score (nSPS) is 10.4. The third-order valence-corrected chi connectivity index (χ3v) is 4.23. The summed E-state index contributed by atoms with van der Waals surface area (Å²) in [6.07, 6.45) is 2.08. The van der Waals surface area contributed by atoms with E-state index in [1.807, 2.05) is 26.0 Å². The Morgan fingerprint density at radius 3 is 2.52 bits per heavy atom. The molecular formula is C19H21BrO3. The van der Waals surface area contributed by atoms with E-state index < -0.39 is 0 Å². The molecule has 122 valence electrons. The average molecular weight is 377 g/mol. The maximum absolute atomic E-state index is 12.3. The van der Waals surface area contributed by atoms with Gasteiger partial charge in [0.2, 0.25) is 0 Å². The summed E-state index contributed by atoms with van der Waals surface area (Å²) >= 11 is 3.44. The van der Waals surface area contributed by atoms with Gasteiger partial charge in [0.1, 0.15) is 11.5 Å². The molecule has 23 heavy (non-hydrogen) atoms. The van der Waals surface area contributed by atoms with Crippen molar-refractivity contribution in [2.75, 3.05) is 6.61 Å². The van der Waals surface area contributed by atoms with Gasteiger partial charge in [-0.05, 0) is 77.7 Å². The van der Waals surface area contributed by atoms with Crippen molar-refractivity contribution in [1.29, 1.82) is 0 Å². The standard InChI is InChI=1S/C19H21BrO3/c1-4-5-10-22-18-9-7-15(12-17(18)20)19(21)23-16-8-6-13(2)14(3)11-16/h6-9,11-12H,4-5,10H2,1-3H3. The lowest BCUT2D eigenvalue weighted by Crippen LogP contribution is -2.09. The maximum Gasteiger partial charge on any atom is 0.343 e. The number of carbonyl (C=O) groups excluding carboxylic acids is 1. The Kier molecular flexibility index (Phi) is 6.22. The third kappa shape index (κ3) is 4.83. The summed E-state index contributed by atoms with van der Waals surface area (Å²) in [6.45, 7) is 6.80. The zero-order valence-electron chi connectivity index (χ0n) is 13.7. The highest BCUT2D eigenvalue weighted by Crippen LogP contribution is 2.27. The van der Waals surface area contributed by atoms with Gasteiger partial charge in [-0.15, -0.1) is 0 Å². The SMILES string of the molecule is CCCCOc1ccc(C(=O)Oc2ccc(C)c(C)c2)cc1Br. The van der Waals surface area contributed by atoms with Gasteiger partial charge in [0, 0.05) is 0 Å². The Hall–Kier alpha value is -1.81. The van der Waals surface area contributed by atoms with Crippen molar-refractivity contribution in [2.45, 2.75) is 33.6 Å². The molecule has 0 saturated carbocycles. The van der Waals surface area contributed by atoms with Crippen LogP contribution in [0.3, 0.4) is 0 Å². The second-order valence-electron chi connectivity index (χ2n) is 5.48. The van der Waals surface area contributed by atoms with Crippen LogP contribution in [0, 0.1) is 13.8 Å². The lowest BCUT2D eigenvalue weighted by atomic mass is 10.1. The first-order valence-corrected chi connectivity index (χ1v) is 8.52. The van der Waals surface area contributed by atoms with Crippen molar-refractivity contribution >= 4 is 21.9 Å². The molecule has 0 aromatic heterocycles. The summed E-state index contributed by atoms with van der Waals surface area (Å²) in [4.78, 5) is 12.3. The molecule has 0 aliphatic heterocycles. The number of hydrogen-bond acceptors (Lipinski definition) is 3. The van der Waals surface area contributed by atoms with Crippen molar-refractivity contribution in [1.82, 2.24) is 0 Å². The Balaban J connectivity index is 2.07. The number of ether oxygens (including phenoxy) is 2. The summed E-state index contributed by atoms with van der Waals surface area (Å²) < 4.78 is 11.8. The zero-order valence-corrected chi connectivity index (χ0v) is 15.3. The fourth-order valence-electron chi connectivity index (χ4n) is 2.01. The van der Waals surface area contributed by atoms with E-state index in [4.69, 9.17) is 9.47 Å². The molecule has 0 fully saturated rings. The Morgan fingerprint density at radius 2 is 1.87 bits per heavy atom. The number of rotatable bonds is 6. The van der Waals surface area contributed by atoms with Crippen LogP contribution >= 0.6 is 15.9 Å². The van der Waals surface area contributed by atoms with Crippen molar-refractivity contribution < 1.29 is 14.3 Å². The molecule has 0 amide bonds. The molecule has 0 saturated heterocycles. The van der Waals surface area contributed by atoms with Gasteiger partial charge in [-0.2, -0.15) is 0 Å². The van der Waals surface area contributed by atoms with E-state index in [0.29, 0.717) is 17.9 Å². The number of hydrogen-bond donors (Lipinski definition) is 0. The van der Waals surface area contributed by atoms with Gasteiger partial charge >= 0.3 is 5.97 Å². The number of carbonyl (C=O) groups is 1. The molecule has 0 spiro atoms. The number of esters is 1. The fourth-order valence-corrected chi connectivity index (χ4v) is 2.51. The molecule has 0 bridgehead atoms. The van der Waals surface area contributed by atoms with Gasteiger partial charge in [-0.3, -0.25) is 0 Å². The van der Waals surface area contributed by atoms with E-state index in [2.05, 4.69) is 22.9 Å². The van der Waals surface area contributed by atoms with Crippen molar-refractivity contribution in [3.05, 3.63) is 57.6 Å². The van der Waals surface area contributed by atoms with E-state index in [1.165, 1.54) is 5.56 Å². The van der Waals surface area contributed by atoms with E-state index in [-0.39, 0.29) is 5.97 Å². The molecule has 0 atom stereocenters. The smallest absolute Gasteiger partial charge is 0.343 e. The van der Waals surface area contributed by atoms with Crippen LogP contribution in [-0.2, 0) is 0 Å². The zero-order chi connectivity index (χ0) is 16.8. The maximum atomic E-state index is 12.3. The van der Waals surface area contributed by atoms with Crippen LogP contribution in [0.1, 0.15) is 41.3 Å². The highest BCUT2D eigenvalue weighted by molar-refractivity contribution is 9.10. The van der Waals surface area contributed by atoms with Gasteiger partial charge in [0.25, 0.3) is 0 Å². The Labute approximate surface area is 145 Å². The Bertz CT molecular complexity index is 695. The second-order valence-corrected chi connectivity index (χ2v) is 6.34. The van der Waals surface area contributed by atoms with Crippen LogP contribution in [-0.4, -0.2) is 12.6 Å². The van der Waals surface area contributed by atoms with Crippen molar-refractivity contribution in [2.24, 2.45) is 0 Å². The molecule has 0 aliphatic rings. The minimum Gasteiger partial charge on any atom is -0.492 e. The quantitative estimate of drug-likeness (QED) is 0.381. The molecule has 0 radical (unpaired) electrons. The minimum atomic E-state index is -0.380. The molecule has 2 aromatic carbocycles. The van der Waals surface area contributed by atoms with Gasteiger partial charge < -0.3 is 9.47 Å². The van der Waals surface area contributed by atoms with Crippen LogP contribution in [0.2, 0.25) is 0 Å². The number of halogens is 1. The first-order chi connectivity index (χ1) is 11.0. The first kappa shape index (κ1) is 17.5. The minimum absolute atomic E-state index is 0.380. The van der Waals surface area contributed by atoms with Crippen molar-refractivity contribution in [3.63, 3.8) is 0 Å². The van der Waals surface area contributed by atoms with Crippen LogP contribution in [0.4, 0.5) is 0 Å². The lowest BCUT2D eigenvalue weighted by molar-refractivity contribution is 0.0734. The molecule has 2 aromatic rings. The summed E-state index contributed by atoms with van der Waals surface area (Å²) in [7, 11) is 0. The van der Waals surface area contributed by atoms with Gasteiger partial charge in [0.15, 0.2) is 0 Å². The average Bonchev–Trinajstić information content (AvgIpc) is 2.52. The summed E-state index contributed by atoms with van der Waals surface area (Å²) in [6, 6.07) is 10.8. The molecule has 3 nitrogen and oxygen atoms in total. The van der Waals surface area contributed by atoms with Gasteiger partial charge in [0.05, 0.1) is 16.6 Å². The highest BCUT2D eigenvalue weighted by Gasteiger charge is 2.12. The molecule has 4 heteroatoms. The van der Waals surface area contributed by atoms with Crippen molar-refractivity contribution in [3.8, 4) is 11.5 Å². The number of aryl methyl sites for hydroxylation is 2. The van der Waals surface area contributed by atoms with Gasteiger partial charge in [-0.1, -0.05) is 19.4 Å². The molecule has 0 heterocycles. The second kappa shape index (κ2) is 8.16. The number of unbranched alkanes of at least 4 members (excludes halogenated alkanes) is 1. The van der Waals surface area contributed by atoms with Crippen LogP contribution < -0.4 is 9.47 Å². The van der Waals surface area contributed by atoms with Crippen LogP contribution in [0.25, 0.3) is 0 Å². The molecule has 0 N–H and O–H groups in total. The molecular weight excluding hydrogens is 356 g/mol. The molecule has 0 aliphatic carbocycles. The Morgan fingerprint density at radius 1 is 1.09 bits per heavy atom. The number of benzene rings is 2. The topological polar surface area (TPSA) is 35.5 Å². The van der Waals surface area contributed by atoms with Crippen LogP contribution in [0.15, 0.2) is 40.9 Å². The highest BCUT2D eigenvalue weighted by atomic mass is 79.9. The largest absolute Gasteiger partial charge is 0.492 e. The fraction of sp³-hybridized carbons (Fsp3) is 0.316. The van der Waals surface area contributed by atoms with Crippen LogP contribution in [0.5, 0.6) is 11.5 Å². The predicted molar refractivity (Wildman–Crippen MR) is 95.4 cm³/mol. The molecule has 2 rings (SSSR count). The third-order valence-electron chi connectivity index (χ3n) is 3.61. The predicted octanol–water partition coefficient (Wildman–Crippen LogP) is 5.46. The summed E-state index contributed by atoms with van der Waals surface area (Å²) in [5.41, 5.74) is 2.75. The summed E-state index contributed by atoms with van der Waals surface area (Å²) in [5.74, 6) is 0.910. The van der Waals surface area contributed by atoms with E-state index in [9.17, 15) is 4.79 Å².